The minimum atomic E-state index is -4.66. The summed E-state index contributed by atoms with van der Waals surface area (Å²) in [7, 11) is 0. The van der Waals surface area contributed by atoms with Gasteiger partial charge in [0.25, 0.3) is 5.56 Å². The van der Waals surface area contributed by atoms with Crippen LogP contribution in [0, 0.1) is 11.8 Å². The molecule has 0 aromatic carbocycles. The van der Waals surface area contributed by atoms with Gasteiger partial charge in [0.05, 0.1) is 12.1 Å². The summed E-state index contributed by atoms with van der Waals surface area (Å²) >= 11 is 0. The molecular formula is C27H26F3N5O4. The molecule has 5 rings (SSSR count). The maximum absolute atomic E-state index is 13.9. The quantitative estimate of drug-likeness (QED) is 0.510. The molecule has 3 aromatic heterocycles. The van der Waals surface area contributed by atoms with E-state index in [0.29, 0.717) is 22.4 Å². The fourth-order valence-electron chi connectivity index (χ4n) is 5.19. The number of allylic oxidation sites excluding steroid dienone is 2. The molecule has 2 atom stereocenters. The highest BCUT2D eigenvalue weighted by Gasteiger charge is 2.39. The van der Waals surface area contributed by atoms with Gasteiger partial charge >= 0.3 is 17.8 Å². The molecule has 39 heavy (non-hydrogen) atoms. The molecule has 0 amide bonds. The molecule has 1 aliphatic carbocycles. The number of nitrogens with one attached hydrogen (secondary N) is 1. The number of anilines is 1. The molecule has 9 nitrogen and oxygen atoms in total. The fourth-order valence-corrected chi connectivity index (χ4v) is 5.19. The summed E-state index contributed by atoms with van der Waals surface area (Å²) in [5.74, 6) is -1.15. The van der Waals surface area contributed by atoms with Crippen molar-refractivity contribution in [3.63, 3.8) is 0 Å². The van der Waals surface area contributed by atoms with Gasteiger partial charge in [0.15, 0.2) is 5.69 Å². The van der Waals surface area contributed by atoms with Crippen molar-refractivity contribution in [3.05, 3.63) is 92.7 Å². The van der Waals surface area contributed by atoms with Crippen LogP contribution in [0.4, 0.5) is 19.0 Å². The SMILES string of the molecule is O=C(On1ccc(=O)[nH]c1=O)C1CC=C(c2cccnc2C(F)(F)F)C(Cc2cccc(N3CCCC3)n2)C1. The molecule has 2 unspecified atom stereocenters. The highest BCUT2D eigenvalue weighted by molar-refractivity contribution is 5.77. The first-order valence-electron chi connectivity index (χ1n) is 12.7. The third kappa shape index (κ3) is 5.94. The van der Waals surface area contributed by atoms with Crippen LogP contribution < -0.4 is 21.0 Å². The van der Waals surface area contributed by atoms with Crippen molar-refractivity contribution in [1.29, 1.82) is 0 Å². The Morgan fingerprint density at radius 3 is 2.64 bits per heavy atom. The molecular weight excluding hydrogens is 515 g/mol. The van der Waals surface area contributed by atoms with Gasteiger partial charge in [0, 0.05) is 36.6 Å². The van der Waals surface area contributed by atoms with Gasteiger partial charge in [0.1, 0.15) is 5.82 Å². The van der Waals surface area contributed by atoms with E-state index in [-0.39, 0.29) is 18.4 Å². The van der Waals surface area contributed by atoms with Crippen LogP contribution in [0.2, 0.25) is 0 Å². The Morgan fingerprint density at radius 1 is 1.10 bits per heavy atom. The van der Waals surface area contributed by atoms with E-state index in [1.165, 1.54) is 12.1 Å². The maximum Gasteiger partial charge on any atom is 0.433 e. The molecule has 1 saturated heterocycles. The van der Waals surface area contributed by atoms with Crippen molar-refractivity contribution in [2.24, 2.45) is 11.8 Å². The normalized spacial score (nSPS) is 19.6. The van der Waals surface area contributed by atoms with Crippen LogP contribution in [0.25, 0.3) is 5.57 Å². The first-order chi connectivity index (χ1) is 18.7. The molecule has 1 fully saturated rings. The molecule has 0 radical (unpaired) electrons. The second kappa shape index (κ2) is 10.9. The van der Waals surface area contributed by atoms with E-state index in [1.807, 2.05) is 23.2 Å². The lowest BCUT2D eigenvalue weighted by molar-refractivity contribution is -0.150. The predicted molar refractivity (Wildman–Crippen MR) is 136 cm³/mol. The lowest BCUT2D eigenvalue weighted by atomic mass is 9.76. The van der Waals surface area contributed by atoms with Gasteiger partial charge < -0.3 is 9.74 Å². The highest BCUT2D eigenvalue weighted by atomic mass is 19.4. The van der Waals surface area contributed by atoms with Crippen LogP contribution in [0.3, 0.4) is 0 Å². The third-order valence-electron chi connectivity index (χ3n) is 7.01. The van der Waals surface area contributed by atoms with Gasteiger partial charge in [-0.25, -0.2) is 14.6 Å². The van der Waals surface area contributed by atoms with Gasteiger partial charge in [0.2, 0.25) is 0 Å². The van der Waals surface area contributed by atoms with Gasteiger partial charge in [-0.05, 0) is 61.8 Å². The third-order valence-corrected chi connectivity index (χ3v) is 7.01. The monoisotopic (exact) mass is 541 g/mol. The number of hydrogen-bond donors (Lipinski definition) is 1. The second-order valence-electron chi connectivity index (χ2n) is 9.65. The first-order valence-corrected chi connectivity index (χ1v) is 12.7. The summed E-state index contributed by atoms with van der Waals surface area (Å²) < 4.78 is 42.2. The number of H-pyrrole nitrogens is 1. The smallest absolute Gasteiger partial charge is 0.357 e. The summed E-state index contributed by atoms with van der Waals surface area (Å²) in [5.41, 5.74) is -1.44. The molecule has 12 heteroatoms. The number of pyridine rings is 2. The zero-order valence-electron chi connectivity index (χ0n) is 20.9. The Hall–Kier alpha value is -4.22. The summed E-state index contributed by atoms with van der Waals surface area (Å²) in [6.07, 6.45) is 1.83. The van der Waals surface area contributed by atoms with E-state index in [2.05, 4.69) is 9.88 Å². The Bertz CT molecular complexity index is 1510. The number of nitrogens with zero attached hydrogens (tertiary/aromatic N) is 4. The zero-order chi connectivity index (χ0) is 27.6. The molecule has 0 saturated carbocycles. The number of hydrogen-bond acceptors (Lipinski definition) is 7. The first kappa shape index (κ1) is 26.4. The summed E-state index contributed by atoms with van der Waals surface area (Å²) in [6, 6.07) is 9.50. The molecule has 3 aromatic rings. The summed E-state index contributed by atoms with van der Waals surface area (Å²) in [5, 5.41) is 0. The maximum atomic E-state index is 13.9. The average molecular weight is 542 g/mol. The van der Waals surface area contributed by atoms with Gasteiger partial charge in [-0.15, -0.1) is 4.73 Å². The van der Waals surface area contributed by atoms with Crippen molar-refractivity contribution in [2.45, 2.75) is 38.3 Å². The number of carbonyl (C=O) groups excluding carboxylic acids is 1. The van der Waals surface area contributed by atoms with Crippen LogP contribution in [0.5, 0.6) is 0 Å². The Morgan fingerprint density at radius 2 is 1.90 bits per heavy atom. The lowest BCUT2D eigenvalue weighted by Crippen LogP contribution is -2.38. The zero-order valence-corrected chi connectivity index (χ0v) is 20.9. The van der Waals surface area contributed by atoms with Crippen molar-refractivity contribution < 1.29 is 22.8 Å². The number of rotatable bonds is 6. The number of aromatic amines is 1. The van der Waals surface area contributed by atoms with Crippen molar-refractivity contribution in [3.8, 4) is 0 Å². The lowest BCUT2D eigenvalue weighted by Gasteiger charge is -2.30. The largest absolute Gasteiger partial charge is 0.433 e. The number of halogens is 3. The van der Waals surface area contributed by atoms with Gasteiger partial charge in [-0.2, -0.15) is 13.2 Å². The fraction of sp³-hybridized carbons (Fsp3) is 0.370. The van der Waals surface area contributed by atoms with E-state index in [9.17, 15) is 27.6 Å². The van der Waals surface area contributed by atoms with Crippen LogP contribution in [-0.4, -0.2) is 38.7 Å². The molecule has 1 N–H and O–H groups in total. The predicted octanol–water partition coefficient (Wildman–Crippen LogP) is 3.25. The standard InChI is InChI=1S/C27H26F3N5O4/c28-27(29,30)24-21(6-4-11-31-24)20-9-8-17(25(37)39-35-14-10-23(36)33-26(35)38)15-18(20)16-19-5-3-7-22(32-19)34-12-1-2-13-34/h3-7,9-11,14,17-18H,1-2,8,12-13,15-16H2,(H,33,36,38). The second-order valence-corrected chi connectivity index (χ2v) is 9.65. The minimum Gasteiger partial charge on any atom is -0.357 e. The van der Waals surface area contributed by atoms with Crippen molar-refractivity contribution >= 4 is 17.4 Å². The van der Waals surface area contributed by atoms with E-state index in [1.54, 1.807) is 6.08 Å². The van der Waals surface area contributed by atoms with E-state index in [4.69, 9.17) is 9.82 Å². The van der Waals surface area contributed by atoms with E-state index >= 15 is 0 Å². The number of carbonyl (C=O) groups is 1. The molecule has 0 spiro atoms. The van der Waals surface area contributed by atoms with Crippen molar-refractivity contribution in [2.75, 3.05) is 18.0 Å². The van der Waals surface area contributed by atoms with Crippen LogP contribution >= 0.6 is 0 Å². The Balaban J connectivity index is 1.46. The Labute approximate surface area is 220 Å². The van der Waals surface area contributed by atoms with E-state index < -0.39 is 40.9 Å². The molecule has 204 valence electrons. The Kier molecular flexibility index (Phi) is 7.36. The van der Waals surface area contributed by atoms with Gasteiger partial charge in [-0.1, -0.05) is 18.2 Å². The summed E-state index contributed by atoms with van der Waals surface area (Å²) in [4.78, 5) is 54.0. The molecule has 0 bridgehead atoms. The van der Waals surface area contributed by atoms with Crippen LogP contribution in [-0.2, 0) is 17.4 Å². The average Bonchev–Trinajstić information content (AvgIpc) is 3.45. The topological polar surface area (TPSA) is 110 Å². The van der Waals surface area contributed by atoms with Gasteiger partial charge in [-0.3, -0.25) is 14.8 Å². The highest BCUT2D eigenvalue weighted by Crippen LogP contribution is 2.42. The summed E-state index contributed by atoms with van der Waals surface area (Å²) in [6.45, 7) is 1.79. The minimum absolute atomic E-state index is 0.0330. The molecule has 4 heterocycles. The number of aromatic nitrogens is 4. The molecule has 1 aliphatic heterocycles. The number of alkyl halides is 3. The van der Waals surface area contributed by atoms with Crippen LogP contribution in [0.1, 0.15) is 42.6 Å². The van der Waals surface area contributed by atoms with E-state index in [0.717, 1.165) is 50.2 Å². The molecule has 2 aliphatic rings. The van der Waals surface area contributed by atoms with Crippen LogP contribution in [0.15, 0.2) is 64.5 Å². The van der Waals surface area contributed by atoms with Crippen molar-refractivity contribution in [1.82, 2.24) is 19.7 Å².